The molecule has 10 aromatic rings. The lowest BCUT2D eigenvalue weighted by molar-refractivity contribution is -0.879. The highest BCUT2D eigenvalue weighted by Gasteiger charge is 2.27. The van der Waals surface area contributed by atoms with Gasteiger partial charge >= 0.3 is 0 Å². The predicted molar refractivity (Wildman–Crippen MR) is 430 cm³/mol. The molecule has 0 saturated carbocycles. The Hall–Kier alpha value is -14.7. The number of hydrogen-bond donors (Lipinski definition) is 13. The van der Waals surface area contributed by atoms with Crippen molar-refractivity contribution in [1.82, 2.24) is 62.5 Å². The minimum absolute atomic E-state index is 0.0119. The average molecular weight is 1600 g/mol. The molecule has 15 N–H and O–H groups in total. The number of quaternary nitrogens is 2. The van der Waals surface area contributed by atoms with Crippen molar-refractivity contribution >= 4 is 133 Å². The van der Waals surface area contributed by atoms with Gasteiger partial charge in [-0.3, -0.25) is 47.9 Å². The summed E-state index contributed by atoms with van der Waals surface area (Å²) < 4.78 is 18.1. The zero-order valence-electron chi connectivity index (χ0n) is 64.4. The maximum Gasteiger partial charge on any atom is 0.291 e. The van der Waals surface area contributed by atoms with Crippen LogP contribution in [0.1, 0.15) is 114 Å². The van der Waals surface area contributed by atoms with E-state index < -0.39 is 59.3 Å². The number of nitrogens with one attached hydrogen (secondary N) is 12. The second-order valence-electron chi connectivity index (χ2n) is 28.0. The van der Waals surface area contributed by atoms with Gasteiger partial charge in [0.25, 0.3) is 47.3 Å². The molecule has 0 radical (unpaired) electrons. The molecule has 9 heterocycles. The quantitative estimate of drug-likeness (QED) is 0.0175. The molecule has 2 atom stereocenters. The zero-order valence-corrected chi connectivity index (χ0v) is 65.2. The van der Waals surface area contributed by atoms with E-state index in [1.54, 1.807) is 138 Å². The first-order valence-electron chi connectivity index (χ1n) is 36.3. The van der Waals surface area contributed by atoms with E-state index in [0.29, 0.717) is 81.4 Å². The number of fused-ring (bicyclic) bond motifs is 2. The number of imidazole rings is 2. The largest absolute Gasteiger partial charge is 0.872 e. The van der Waals surface area contributed by atoms with Crippen LogP contribution >= 0.6 is 12.2 Å². The molecule has 0 bridgehead atoms. The number of rotatable bonds is 30. The molecule has 116 heavy (non-hydrogen) atoms. The monoisotopic (exact) mass is 1600 g/mol. The van der Waals surface area contributed by atoms with Gasteiger partial charge in [0, 0.05) is 172 Å². The summed E-state index contributed by atoms with van der Waals surface area (Å²) >= 11 is 5.54. The first kappa shape index (κ1) is 80.8. The highest BCUT2D eigenvalue weighted by Crippen LogP contribution is 2.42. The summed E-state index contributed by atoms with van der Waals surface area (Å²) in [5, 5.41) is 56.7. The van der Waals surface area contributed by atoms with Gasteiger partial charge in [-0.15, -0.1) is 5.75 Å². The van der Waals surface area contributed by atoms with E-state index in [0.717, 1.165) is 19.5 Å². The molecule has 600 valence electrons. The second-order valence-corrected chi connectivity index (χ2v) is 28.4. The number of aryl methyl sites for hydroxylation is 8. The third-order valence-electron chi connectivity index (χ3n) is 18.9. The Labute approximate surface area is 666 Å². The Morgan fingerprint density at radius 2 is 0.948 bits per heavy atom. The number of aromatic nitrogens is 10. The van der Waals surface area contributed by atoms with Gasteiger partial charge in [-0.1, -0.05) is 18.2 Å². The molecular formula is C78H83N23O14S. The fraction of sp³-hybridized carbons (Fsp3) is 0.231. The number of anilines is 8. The topological polar surface area (TPSA) is 477 Å². The van der Waals surface area contributed by atoms with Crippen LogP contribution < -0.4 is 84.8 Å². The molecule has 1 aliphatic heterocycles. The number of carbonyl (C=O) groups is 10. The molecule has 1 aliphatic carbocycles. The van der Waals surface area contributed by atoms with Gasteiger partial charge in [0.05, 0.1) is 73.2 Å². The summed E-state index contributed by atoms with van der Waals surface area (Å²) in [7, 11) is 15.1. The van der Waals surface area contributed by atoms with Gasteiger partial charge in [0.1, 0.15) is 51.5 Å². The summed E-state index contributed by atoms with van der Waals surface area (Å²) in [5.41, 5.74) is 8.54. The fourth-order valence-electron chi connectivity index (χ4n) is 13.2. The molecule has 0 fully saturated rings. The van der Waals surface area contributed by atoms with Gasteiger partial charge in [-0.2, -0.15) is 0 Å². The van der Waals surface area contributed by atoms with Crippen LogP contribution in [-0.4, -0.2) is 157 Å². The van der Waals surface area contributed by atoms with Crippen LogP contribution in [0, 0.1) is 0 Å². The smallest absolute Gasteiger partial charge is 0.291 e. The highest BCUT2D eigenvalue weighted by atomic mass is 32.1. The highest BCUT2D eigenvalue weighted by molar-refractivity contribution is 7.80. The zero-order chi connectivity index (χ0) is 83.1. The summed E-state index contributed by atoms with van der Waals surface area (Å²) in [6.07, 6.45) is 15.2. The summed E-state index contributed by atoms with van der Waals surface area (Å²) in [6.45, 7) is 2.40. The van der Waals surface area contributed by atoms with Crippen LogP contribution in [-0.2, 0) is 61.2 Å². The lowest BCUT2D eigenvalue weighted by atomic mass is 9.90. The SMILES string of the molecule is Cn1cc(NC(=O)c2cc(NC(=O)c3cc(NC(=O)c4nc(NC(=O)C[C@@H]([NH3+])CNC(=O)c5cc(NC(=O)c6cc(NC(=O)c7cc(NC(=O)c8nccn8C)cn7C)cn6C)cn5C)cn4C)cn3C)cn2C)cc1C(=O)NCCC[NH+](C)CCCNC(=S)Nc1ccc(-c2c3ccc(=O)cc-3oc3cc([O-])ccc23)c(C(=O)[O-])c1. The van der Waals surface area contributed by atoms with E-state index in [1.165, 1.54) is 107 Å². The standard InChI is InChI=1S/C78H83N23O14S/c1-93(22-11-19-82-78(116)90-43-12-15-52(55(25-43)77(113)114)66-53-16-13-50(102)32-62(53)115-63-33-51(103)14-17-54(63)66)21-10-18-81-69(105)56-26-44(35-95(56)3)84-71(107)58-28-47(38-97(58)5)87-74(110)61-31-49(40-100(61)8)89-76(112)68-92-64(41-101(68)9)91-65(104)24-42(79)34-83-70(106)57-27-45(36-96(57)4)85-72(108)59-29-46(37-98(59)6)86-73(109)60-30-48(39-99(60)7)88-75(111)67-80-20-23-94(67)2/h12-17,20,23,25-33,35-42,102H,10-11,18-19,21-22,24,34,79H2,1-9H3,(H,81,105)(H,83,106)(H,84,107)(H,85,108)(H,86,109)(H,87,110)(H,88,111)(H,89,112)(H,91,104)(H,113,114)(H2,82,90,116)/t42-/m1/s1. The van der Waals surface area contributed by atoms with Crippen molar-refractivity contribution in [3.05, 3.63) is 208 Å². The Kier molecular flexibility index (Phi) is 24.1. The van der Waals surface area contributed by atoms with Crippen molar-refractivity contribution in [1.29, 1.82) is 0 Å². The van der Waals surface area contributed by atoms with Crippen molar-refractivity contribution in [3.63, 3.8) is 0 Å². The normalized spacial score (nSPS) is 11.7. The first-order chi connectivity index (χ1) is 55.3. The van der Waals surface area contributed by atoms with Gasteiger partial charge in [-0.05, 0) is 84.5 Å². The minimum Gasteiger partial charge on any atom is -0.872 e. The maximum atomic E-state index is 13.7. The van der Waals surface area contributed by atoms with Crippen LogP contribution in [0.5, 0.6) is 5.75 Å². The van der Waals surface area contributed by atoms with Gasteiger partial charge in [0.2, 0.25) is 11.7 Å². The lowest BCUT2D eigenvalue weighted by Gasteiger charge is -2.20. The summed E-state index contributed by atoms with van der Waals surface area (Å²) in [4.78, 5) is 155. The fourth-order valence-corrected chi connectivity index (χ4v) is 13.4. The number of thiocarbonyl (C=S) groups is 1. The Balaban J connectivity index is 0.536. The molecule has 0 saturated heterocycles. The third kappa shape index (κ3) is 18.9. The number of nitrogens with zero attached hydrogens (tertiary/aromatic N) is 10. The van der Waals surface area contributed by atoms with Gasteiger partial charge < -0.3 is 125 Å². The number of hydrogen-bond acceptors (Lipinski definition) is 17. The summed E-state index contributed by atoms with van der Waals surface area (Å²) in [6, 6.07) is 21.4. The Morgan fingerprint density at radius 1 is 0.491 bits per heavy atom. The van der Waals surface area contributed by atoms with Crippen LogP contribution in [0.2, 0.25) is 0 Å². The number of carboxylic acid groups (broad SMARTS) is 1. The van der Waals surface area contributed by atoms with Crippen LogP contribution in [0.15, 0.2) is 156 Å². The number of amides is 9. The number of carboxylic acids is 1. The molecule has 2 aliphatic rings. The van der Waals surface area contributed by atoms with E-state index in [-0.39, 0.29) is 104 Å². The number of carbonyl (C=O) groups excluding carboxylic acids is 10. The molecular weight excluding hydrogens is 1520 g/mol. The van der Waals surface area contributed by atoms with Crippen molar-refractivity contribution in [3.8, 4) is 28.2 Å². The van der Waals surface area contributed by atoms with E-state index in [4.69, 9.17) is 16.6 Å². The summed E-state index contributed by atoms with van der Waals surface area (Å²) in [5.74, 6) is -5.94. The predicted octanol–water partition coefficient (Wildman–Crippen LogP) is 2.39. The van der Waals surface area contributed by atoms with E-state index in [9.17, 15) is 63.0 Å². The third-order valence-corrected chi connectivity index (χ3v) is 19.2. The molecule has 12 rings (SSSR count). The van der Waals surface area contributed by atoms with Crippen molar-refractivity contribution in [2.75, 3.05) is 82.3 Å². The molecule has 1 unspecified atom stereocenters. The van der Waals surface area contributed by atoms with Crippen molar-refractivity contribution in [2.24, 2.45) is 56.4 Å². The maximum absolute atomic E-state index is 13.7. The van der Waals surface area contributed by atoms with E-state index in [1.807, 2.05) is 7.05 Å². The van der Waals surface area contributed by atoms with Crippen LogP contribution in [0.3, 0.4) is 0 Å². The molecule has 38 heteroatoms. The minimum atomic E-state index is -1.45. The van der Waals surface area contributed by atoms with Crippen LogP contribution in [0.4, 0.5) is 45.6 Å². The average Bonchev–Trinajstić information content (AvgIpc) is 1.06. The van der Waals surface area contributed by atoms with Crippen LogP contribution in [0.25, 0.3) is 33.4 Å². The number of aromatic carboxylic acids is 1. The van der Waals surface area contributed by atoms with Crippen molar-refractivity contribution < 1.29 is 73.2 Å². The van der Waals surface area contributed by atoms with E-state index >= 15 is 0 Å². The lowest BCUT2D eigenvalue weighted by Crippen LogP contribution is -3.09. The molecule has 2 aromatic carbocycles. The Bertz CT molecular complexity index is 5920. The van der Waals surface area contributed by atoms with Crippen molar-refractivity contribution in [2.45, 2.75) is 25.3 Å². The molecule has 8 aromatic heterocycles. The second kappa shape index (κ2) is 34.5. The Morgan fingerprint density at radius 3 is 1.43 bits per heavy atom. The molecule has 37 nitrogen and oxygen atoms in total. The molecule has 0 spiro atoms. The first-order valence-corrected chi connectivity index (χ1v) is 36.7. The molecule has 9 amide bonds. The van der Waals surface area contributed by atoms with E-state index in [2.05, 4.69) is 74.2 Å². The van der Waals surface area contributed by atoms with Gasteiger partial charge in [0.15, 0.2) is 22.2 Å². The van der Waals surface area contributed by atoms with Gasteiger partial charge in [-0.25, -0.2) is 9.97 Å². The number of benzene rings is 3.